The van der Waals surface area contributed by atoms with E-state index >= 15 is 0 Å². The van der Waals surface area contributed by atoms with Crippen LogP contribution < -0.4 is 9.47 Å². The maximum Gasteiger partial charge on any atom is 0.213 e. The van der Waals surface area contributed by atoms with Gasteiger partial charge in [-0.25, -0.2) is 0 Å². The first-order valence-electron chi connectivity index (χ1n) is 8.92. The summed E-state index contributed by atoms with van der Waals surface area (Å²) in [6, 6.07) is 25.7. The Balaban J connectivity index is 1.96. The van der Waals surface area contributed by atoms with E-state index in [0.29, 0.717) is 6.54 Å². The molecule has 0 unspecified atom stereocenters. The lowest BCUT2D eigenvalue weighted by Gasteiger charge is -2.18. The number of benzene rings is 3. The van der Waals surface area contributed by atoms with Gasteiger partial charge in [-0.2, -0.15) is 4.57 Å². The summed E-state index contributed by atoms with van der Waals surface area (Å²) < 4.78 is 2.26. The number of nitrogens with zero attached hydrogens (tertiary/aromatic N) is 2. The molecule has 1 N–H and O–H groups in total. The Labute approximate surface area is 153 Å². The highest BCUT2D eigenvalue weighted by atomic mass is 16.3. The van der Waals surface area contributed by atoms with Gasteiger partial charge >= 0.3 is 0 Å². The van der Waals surface area contributed by atoms with Gasteiger partial charge < -0.3 is 10.0 Å². The van der Waals surface area contributed by atoms with Gasteiger partial charge in [0.15, 0.2) is 0 Å². The van der Waals surface area contributed by atoms with Crippen molar-refractivity contribution in [3.63, 3.8) is 0 Å². The summed E-state index contributed by atoms with van der Waals surface area (Å²) in [5.41, 5.74) is 6.04. The van der Waals surface area contributed by atoms with E-state index in [1.165, 1.54) is 32.9 Å². The van der Waals surface area contributed by atoms with Crippen molar-refractivity contribution in [3.8, 4) is 11.1 Å². The molecule has 130 valence electrons. The SMILES string of the molecule is CN(CCO)c1ccc(-c2c3ccccc3[n+](C)c3ccccc23)cc1. The molecule has 3 nitrogen and oxygen atoms in total. The molecule has 0 saturated heterocycles. The van der Waals surface area contributed by atoms with Gasteiger partial charge in [0.25, 0.3) is 0 Å². The van der Waals surface area contributed by atoms with E-state index in [-0.39, 0.29) is 6.61 Å². The Hall–Kier alpha value is -2.91. The maximum atomic E-state index is 9.15. The number of fused-ring (bicyclic) bond motifs is 2. The van der Waals surface area contributed by atoms with Gasteiger partial charge in [0.05, 0.1) is 17.4 Å². The fraction of sp³-hybridized carbons (Fsp3) is 0.174. The summed E-state index contributed by atoms with van der Waals surface area (Å²) in [4.78, 5) is 2.06. The Bertz CT molecular complexity index is 1010. The molecule has 26 heavy (non-hydrogen) atoms. The summed E-state index contributed by atoms with van der Waals surface area (Å²) in [6.45, 7) is 0.787. The third kappa shape index (κ3) is 2.71. The quantitative estimate of drug-likeness (QED) is 0.449. The number of aliphatic hydroxyl groups excluding tert-OH is 1. The van der Waals surface area contributed by atoms with Crippen LogP contribution in [0.5, 0.6) is 0 Å². The van der Waals surface area contributed by atoms with Crippen LogP contribution in [0, 0.1) is 0 Å². The highest BCUT2D eigenvalue weighted by Gasteiger charge is 2.18. The number of hydrogen-bond donors (Lipinski definition) is 1. The number of aromatic nitrogens is 1. The third-order valence-corrected chi connectivity index (χ3v) is 5.10. The summed E-state index contributed by atoms with van der Waals surface area (Å²) >= 11 is 0. The lowest BCUT2D eigenvalue weighted by atomic mass is 9.95. The van der Waals surface area contributed by atoms with Crippen LogP contribution in [0.3, 0.4) is 0 Å². The van der Waals surface area contributed by atoms with Crippen molar-refractivity contribution in [3.05, 3.63) is 72.8 Å². The zero-order chi connectivity index (χ0) is 18.1. The van der Waals surface area contributed by atoms with Crippen molar-refractivity contribution >= 4 is 27.5 Å². The fourth-order valence-corrected chi connectivity index (χ4v) is 3.70. The fourth-order valence-electron chi connectivity index (χ4n) is 3.70. The Morgan fingerprint density at radius 1 is 0.808 bits per heavy atom. The van der Waals surface area contributed by atoms with E-state index in [2.05, 4.69) is 89.3 Å². The molecular weight excluding hydrogens is 320 g/mol. The average Bonchev–Trinajstić information content (AvgIpc) is 2.69. The average molecular weight is 343 g/mol. The first kappa shape index (κ1) is 16.6. The molecule has 0 fully saturated rings. The summed E-state index contributed by atoms with van der Waals surface area (Å²) in [6.07, 6.45) is 0. The van der Waals surface area contributed by atoms with Gasteiger partial charge in [-0.05, 0) is 29.8 Å². The van der Waals surface area contributed by atoms with Gasteiger partial charge in [0.1, 0.15) is 7.05 Å². The second-order valence-electron chi connectivity index (χ2n) is 6.66. The lowest BCUT2D eigenvalue weighted by molar-refractivity contribution is -0.617. The van der Waals surface area contributed by atoms with Crippen molar-refractivity contribution in [1.29, 1.82) is 0 Å². The number of para-hydroxylation sites is 2. The second-order valence-corrected chi connectivity index (χ2v) is 6.66. The molecule has 4 rings (SSSR count). The van der Waals surface area contributed by atoms with E-state index in [0.717, 1.165) is 5.69 Å². The minimum Gasteiger partial charge on any atom is -0.395 e. The van der Waals surface area contributed by atoms with Crippen LogP contribution in [0.2, 0.25) is 0 Å². The van der Waals surface area contributed by atoms with E-state index in [1.807, 2.05) is 7.05 Å². The molecule has 0 aliphatic heterocycles. The van der Waals surface area contributed by atoms with Crippen LogP contribution in [0.15, 0.2) is 72.8 Å². The number of aryl methyl sites for hydroxylation is 1. The third-order valence-electron chi connectivity index (χ3n) is 5.10. The van der Waals surface area contributed by atoms with Gasteiger partial charge in [-0.1, -0.05) is 36.4 Å². The molecule has 0 radical (unpaired) electrons. The summed E-state index contributed by atoms with van der Waals surface area (Å²) in [7, 11) is 4.12. The first-order valence-corrected chi connectivity index (χ1v) is 8.92. The monoisotopic (exact) mass is 343 g/mol. The lowest BCUT2D eigenvalue weighted by Crippen LogP contribution is -2.30. The molecule has 0 spiro atoms. The van der Waals surface area contributed by atoms with Crippen LogP contribution >= 0.6 is 0 Å². The van der Waals surface area contributed by atoms with Crippen LogP contribution in [0.4, 0.5) is 5.69 Å². The molecule has 0 saturated carbocycles. The zero-order valence-electron chi connectivity index (χ0n) is 15.2. The number of likely N-dealkylation sites (N-methyl/N-ethyl adjacent to an activating group) is 1. The minimum absolute atomic E-state index is 0.155. The van der Waals surface area contributed by atoms with Crippen molar-refractivity contribution in [1.82, 2.24) is 0 Å². The number of anilines is 1. The minimum atomic E-state index is 0.155. The molecule has 3 aromatic carbocycles. The van der Waals surface area contributed by atoms with Gasteiger partial charge in [-0.3, -0.25) is 0 Å². The van der Waals surface area contributed by atoms with Crippen LogP contribution in [0.25, 0.3) is 32.9 Å². The summed E-state index contributed by atoms with van der Waals surface area (Å²) in [5.74, 6) is 0. The van der Waals surface area contributed by atoms with E-state index in [1.54, 1.807) is 0 Å². The highest BCUT2D eigenvalue weighted by Crippen LogP contribution is 2.34. The molecule has 4 aromatic rings. The number of rotatable bonds is 4. The number of hydrogen-bond acceptors (Lipinski definition) is 2. The van der Waals surface area contributed by atoms with Crippen molar-refractivity contribution < 1.29 is 9.67 Å². The molecular formula is C23H23N2O+. The molecule has 1 aromatic heterocycles. The zero-order valence-corrected chi connectivity index (χ0v) is 15.2. The highest BCUT2D eigenvalue weighted by molar-refractivity contribution is 6.07. The van der Waals surface area contributed by atoms with Crippen molar-refractivity contribution in [2.75, 3.05) is 25.1 Å². The number of aliphatic hydroxyl groups is 1. The van der Waals surface area contributed by atoms with Gasteiger partial charge in [0.2, 0.25) is 11.0 Å². The van der Waals surface area contributed by atoms with Crippen LogP contribution in [0.1, 0.15) is 0 Å². The van der Waals surface area contributed by atoms with E-state index in [4.69, 9.17) is 5.11 Å². The van der Waals surface area contributed by atoms with Crippen LogP contribution in [-0.2, 0) is 7.05 Å². The first-order chi connectivity index (χ1) is 12.7. The Morgan fingerprint density at radius 2 is 1.35 bits per heavy atom. The van der Waals surface area contributed by atoms with E-state index < -0.39 is 0 Å². The smallest absolute Gasteiger partial charge is 0.213 e. The summed E-state index contributed by atoms with van der Waals surface area (Å²) in [5, 5.41) is 11.7. The molecule has 0 bridgehead atoms. The normalized spacial score (nSPS) is 11.2. The van der Waals surface area contributed by atoms with Crippen LogP contribution in [-0.4, -0.2) is 25.3 Å². The molecule has 0 atom stereocenters. The topological polar surface area (TPSA) is 27.3 Å². The Morgan fingerprint density at radius 3 is 1.88 bits per heavy atom. The van der Waals surface area contributed by atoms with Crippen molar-refractivity contribution in [2.24, 2.45) is 7.05 Å². The van der Waals surface area contributed by atoms with Crippen molar-refractivity contribution in [2.45, 2.75) is 0 Å². The second kappa shape index (κ2) is 6.77. The maximum absolute atomic E-state index is 9.15. The molecule has 1 heterocycles. The van der Waals surface area contributed by atoms with E-state index in [9.17, 15) is 0 Å². The predicted molar refractivity (Wildman–Crippen MR) is 108 cm³/mol. The largest absolute Gasteiger partial charge is 0.395 e. The van der Waals surface area contributed by atoms with Gasteiger partial charge in [0, 0.05) is 37.0 Å². The predicted octanol–water partition coefficient (Wildman–Crippen LogP) is 3.91. The molecule has 0 aliphatic carbocycles. The number of pyridine rings is 1. The molecule has 0 amide bonds. The molecule has 3 heteroatoms. The standard InChI is InChI=1S/C23H23N2O/c1-24(15-16-26)18-13-11-17(12-14-18)23-19-7-3-5-9-21(19)25(2)22-10-6-4-8-20(22)23/h3-14,26H,15-16H2,1-2H3/q+1. The molecule has 0 aliphatic rings. The Kier molecular flexibility index (Phi) is 4.31. The van der Waals surface area contributed by atoms with Gasteiger partial charge in [-0.15, -0.1) is 0 Å².